The molecule has 0 aliphatic carbocycles. The molecule has 23 nitrogen and oxygen atoms in total. The molecule has 0 aliphatic heterocycles. The number of aliphatic hydroxyl groups is 2. The maximum atomic E-state index is 12.6. The molecular formula is C46H33N7NaO16S4. The first-order valence-electron chi connectivity index (χ1n) is 20.4. The number of hydrogen-bond donors (Lipinski definition) is 9. The molecule has 0 atom stereocenters. The molecule has 373 valence electrons. The van der Waals surface area contributed by atoms with E-state index in [9.17, 15) is 72.3 Å². The van der Waals surface area contributed by atoms with E-state index in [0.717, 1.165) is 36.4 Å². The number of fused-ring (bicyclic) bond motifs is 2. The molecule has 74 heavy (non-hydrogen) atoms. The summed E-state index contributed by atoms with van der Waals surface area (Å²) in [6, 6.07) is 32.1. The molecular weight excluding hydrogens is 1060 g/mol. The molecule has 0 aliphatic rings. The molecule has 0 aromatic heterocycles. The van der Waals surface area contributed by atoms with E-state index in [1.165, 1.54) is 72.8 Å². The summed E-state index contributed by atoms with van der Waals surface area (Å²) in [5.74, 6) is -3.18. The first-order chi connectivity index (χ1) is 34.3. The minimum atomic E-state index is -5.19. The zero-order valence-corrected chi connectivity index (χ0v) is 42.8. The van der Waals surface area contributed by atoms with Crippen LogP contribution in [0, 0.1) is 0 Å². The topological polar surface area (TPSA) is 385 Å². The largest absolute Gasteiger partial charge is 0.505 e. The number of aliphatic imine (C=N–C) groups is 2. The summed E-state index contributed by atoms with van der Waals surface area (Å²) in [6.45, 7) is 0. The van der Waals surface area contributed by atoms with Crippen molar-refractivity contribution >= 4 is 149 Å². The van der Waals surface area contributed by atoms with E-state index in [1.54, 1.807) is 36.4 Å². The minimum Gasteiger partial charge on any atom is -0.505 e. The third-order valence-corrected chi connectivity index (χ3v) is 13.8. The predicted octanol–water partition coefficient (Wildman–Crippen LogP) is 9.86. The average Bonchev–Trinajstić information content (AvgIpc) is 3.33. The maximum absolute atomic E-state index is 12.6. The molecule has 8 aromatic rings. The summed E-state index contributed by atoms with van der Waals surface area (Å²) in [4.78, 5) is 4.50. The Morgan fingerprint density at radius 2 is 0.757 bits per heavy atom. The molecule has 0 saturated carbocycles. The van der Waals surface area contributed by atoms with Crippen molar-refractivity contribution in [3.8, 4) is 11.5 Å². The van der Waals surface area contributed by atoms with E-state index in [-0.39, 0.29) is 73.6 Å². The van der Waals surface area contributed by atoms with Gasteiger partial charge in [0.1, 0.15) is 21.2 Å². The number of rotatable bonds is 14. The predicted molar refractivity (Wildman–Crippen MR) is 271 cm³/mol. The summed E-state index contributed by atoms with van der Waals surface area (Å²) in [5, 5.41) is 61.9. The Labute approximate surface area is 441 Å². The van der Waals surface area contributed by atoms with Crippen LogP contribution in [0.1, 0.15) is 11.1 Å². The molecule has 0 unspecified atom stereocenters. The van der Waals surface area contributed by atoms with Gasteiger partial charge in [-0.1, -0.05) is 36.4 Å². The molecule has 28 heteroatoms. The first-order valence-corrected chi connectivity index (χ1v) is 26.2. The molecule has 0 heterocycles. The van der Waals surface area contributed by atoms with E-state index < -0.39 is 106 Å². The second-order valence-electron chi connectivity index (χ2n) is 15.3. The fourth-order valence-electron chi connectivity index (χ4n) is 7.07. The zero-order chi connectivity index (χ0) is 52.6. The quantitative estimate of drug-likeness (QED) is 0.0161. The molecule has 1 radical (unpaired) electrons. The van der Waals surface area contributed by atoms with Gasteiger partial charge in [-0.15, -0.1) is 10.2 Å². The Hall–Kier alpha value is -7.54. The number of phenolic OH excluding ortho intramolecular Hbond substituents is 2. The van der Waals surface area contributed by atoms with Gasteiger partial charge in [0.15, 0.2) is 11.5 Å². The average molecular weight is 1090 g/mol. The smallest absolute Gasteiger partial charge is 0.296 e. The SMILES string of the molecule is O=S(=O)(O)c1cc(N=C(O)c2ccccc2)c2c(O)c(N=Nc3ccc(Nc4ccc(N=Nc5c(S(=O)(=O)O)cc6cc(S(=O)(=O)O)cc(N=C(O)c7ccccc7)c6c5O)cc4)cc3)c(S(=O)(=O)O)cc2c1.[Na]. The Morgan fingerprint density at radius 3 is 1.07 bits per heavy atom. The zero-order valence-electron chi connectivity index (χ0n) is 37.5. The number of benzene rings is 8. The van der Waals surface area contributed by atoms with E-state index >= 15 is 0 Å². The monoisotopic (exact) mass is 1090 g/mol. The third kappa shape index (κ3) is 12.1. The molecule has 0 spiro atoms. The Balaban J connectivity index is 0.00000800. The van der Waals surface area contributed by atoms with Crippen molar-refractivity contribution in [3.05, 3.63) is 157 Å². The number of nitrogens with one attached hydrogen (secondary N) is 1. The van der Waals surface area contributed by atoms with Crippen LogP contribution in [0.15, 0.2) is 196 Å². The fourth-order valence-corrected chi connectivity index (χ4v) is 9.46. The van der Waals surface area contributed by atoms with Crippen molar-refractivity contribution in [2.75, 3.05) is 5.32 Å². The molecule has 0 fully saturated rings. The number of nitrogens with zero attached hydrogens (tertiary/aromatic N) is 6. The van der Waals surface area contributed by atoms with Crippen LogP contribution in [-0.4, -0.2) is 114 Å². The van der Waals surface area contributed by atoms with Crippen molar-refractivity contribution in [3.63, 3.8) is 0 Å². The Morgan fingerprint density at radius 1 is 0.419 bits per heavy atom. The van der Waals surface area contributed by atoms with E-state index in [4.69, 9.17) is 0 Å². The van der Waals surface area contributed by atoms with Crippen molar-refractivity contribution in [2.45, 2.75) is 19.6 Å². The van der Waals surface area contributed by atoms with Gasteiger partial charge >= 0.3 is 0 Å². The molecule has 9 N–H and O–H groups in total. The van der Waals surface area contributed by atoms with E-state index in [0.29, 0.717) is 11.4 Å². The van der Waals surface area contributed by atoms with Crippen molar-refractivity contribution < 1.29 is 72.3 Å². The molecule has 8 aromatic carbocycles. The van der Waals surface area contributed by atoms with Crippen LogP contribution in [0.2, 0.25) is 0 Å². The summed E-state index contributed by atoms with van der Waals surface area (Å²) in [6.07, 6.45) is 0. The van der Waals surface area contributed by atoms with Crippen molar-refractivity contribution in [1.82, 2.24) is 0 Å². The molecule has 0 saturated heterocycles. The molecule has 0 amide bonds. The first kappa shape index (κ1) is 54.2. The third-order valence-electron chi connectivity index (χ3n) is 10.4. The number of azo groups is 2. The number of phenols is 2. The van der Waals surface area contributed by atoms with Crippen LogP contribution in [0.5, 0.6) is 11.5 Å². The molecule has 0 bridgehead atoms. The maximum Gasteiger partial charge on any atom is 0.296 e. The van der Waals surface area contributed by atoms with Gasteiger partial charge in [0.05, 0.1) is 43.3 Å². The fraction of sp³-hybridized carbons (Fsp3) is 0. The van der Waals surface area contributed by atoms with Gasteiger partial charge in [-0.2, -0.15) is 43.9 Å². The van der Waals surface area contributed by atoms with E-state index in [2.05, 4.69) is 35.8 Å². The number of aromatic hydroxyl groups is 2. The second kappa shape index (κ2) is 21.1. The van der Waals surface area contributed by atoms with Gasteiger partial charge in [-0.25, -0.2) is 9.98 Å². The number of hydrogen-bond acceptors (Lipinski definition) is 17. The van der Waals surface area contributed by atoms with Crippen LogP contribution in [-0.2, 0) is 40.5 Å². The van der Waals surface area contributed by atoms with Gasteiger partial charge in [-0.05, 0) is 120 Å². The Kier molecular flexibility index (Phi) is 15.5. The van der Waals surface area contributed by atoms with Gasteiger partial charge < -0.3 is 25.7 Å². The van der Waals surface area contributed by atoms with Crippen molar-refractivity contribution in [1.29, 1.82) is 0 Å². The summed E-state index contributed by atoms with van der Waals surface area (Å²) >= 11 is 0. The Bertz CT molecular complexity index is 3870. The van der Waals surface area contributed by atoms with E-state index in [1.807, 2.05) is 0 Å². The van der Waals surface area contributed by atoms with Gasteiger partial charge in [-0.3, -0.25) is 18.2 Å². The van der Waals surface area contributed by atoms with Crippen LogP contribution in [0.4, 0.5) is 45.5 Å². The normalized spacial score (nSPS) is 12.9. The summed E-state index contributed by atoms with van der Waals surface area (Å²) in [7, 11) is -20.3. The number of aliphatic hydroxyl groups excluding tert-OH is 2. The van der Waals surface area contributed by atoms with Gasteiger partial charge in [0, 0.05) is 52.1 Å². The molecule has 8 rings (SSSR count). The summed E-state index contributed by atoms with van der Waals surface area (Å²) in [5.41, 5.74) is -0.997. The number of anilines is 2. The standard InChI is InChI=1S/C46H33N7O16S4.Na/c54-43-39-27(19-33(70(58,59)60)23-35(39)48-45(56)25-7-3-1-4-8-25)21-37(72(64,65)66)41(43)52-50-31-15-11-29(12-16-31)47-30-13-17-32(18-14-30)51-53-42-38(73(67,68)69)22-28-20-34(71(61,62)63)24-36(40(28)44(42)55)49-46(57)26-9-5-2-6-10-26;/h1-24,47,54-55H,(H,48,56)(H,49,57)(H,58,59,60)(H,61,62,63)(H,64,65,66)(H,67,68,69);. The van der Waals surface area contributed by atoms with Crippen LogP contribution < -0.4 is 5.32 Å². The van der Waals surface area contributed by atoms with Gasteiger partial charge in [0.25, 0.3) is 40.5 Å². The summed E-state index contributed by atoms with van der Waals surface area (Å²) < 4.78 is 139. The second-order valence-corrected chi connectivity index (χ2v) is 21.0. The van der Waals surface area contributed by atoms with Crippen molar-refractivity contribution in [2.24, 2.45) is 30.4 Å². The minimum absolute atomic E-state index is 0. The van der Waals surface area contributed by atoms with Crippen LogP contribution in [0.25, 0.3) is 21.5 Å². The van der Waals surface area contributed by atoms with Crippen LogP contribution in [0.3, 0.4) is 0 Å². The van der Waals surface area contributed by atoms with Crippen LogP contribution >= 0.6 is 0 Å². The van der Waals surface area contributed by atoms with Gasteiger partial charge in [0.2, 0.25) is 11.8 Å².